The fourth-order valence-electron chi connectivity index (χ4n) is 2.18. The maximum atomic E-state index is 12.2. The molecule has 0 atom stereocenters. The van der Waals surface area contributed by atoms with Crippen molar-refractivity contribution < 1.29 is 18.3 Å². The van der Waals surface area contributed by atoms with Crippen LogP contribution in [0.1, 0.15) is 24.2 Å². The highest BCUT2D eigenvalue weighted by atomic mass is 32.2. The molecule has 1 aromatic heterocycles. The molecule has 2 heterocycles. The Morgan fingerprint density at radius 1 is 1.47 bits per heavy atom. The van der Waals surface area contributed by atoms with Gasteiger partial charge in [-0.25, -0.2) is 13.1 Å². The molecule has 1 saturated heterocycles. The number of sulfonamides is 1. The van der Waals surface area contributed by atoms with Crippen molar-refractivity contribution in [3.05, 3.63) is 11.4 Å². The average molecular weight is 289 g/mol. The van der Waals surface area contributed by atoms with Gasteiger partial charge in [-0.3, -0.25) is 5.10 Å². The second kappa shape index (κ2) is 6.00. The summed E-state index contributed by atoms with van der Waals surface area (Å²) in [5.74, 6) is 0.299. The quantitative estimate of drug-likeness (QED) is 0.703. The van der Waals surface area contributed by atoms with E-state index in [1.165, 1.54) is 0 Å². The van der Waals surface area contributed by atoms with Crippen molar-refractivity contribution in [3.63, 3.8) is 0 Å². The molecule has 3 N–H and O–H groups in total. The number of aliphatic hydroxyl groups is 1. The van der Waals surface area contributed by atoms with Crippen LogP contribution < -0.4 is 4.72 Å². The molecule has 1 aromatic rings. The summed E-state index contributed by atoms with van der Waals surface area (Å²) in [6.45, 7) is 2.96. The van der Waals surface area contributed by atoms with Gasteiger partial charge in [0.05, 0.1) is 12.3 Å². The molecule has 2 rings (SSSR count). The van der Waals surface area contributed by atoms with E-state index in [9.17, 15) is 8.42 Å². The molecule has 108 valence electrons. The predicted molar refractivity (Wildman–Crippen MR) is 68.0 cm³/mol. The summed E-state index contributed by atoms with van der Waals surface area (Å²) in [5.41, 5.74) is 0.584. The Labute approximate surface area is 112 Å². The van der Waals surface area contributed by atoms with Crippen LogP contribution in [-0.2, 0) is 21.4 Å². The van der Waals surface area contributed by atoms with E-state index in [4.69, 9.17) is 9.84 Å². The molecule has 0 amide bonds. The Morgan fingerprint density at radius 2 is 2.16 bits per heavy atom. The predicted octanol–water partition coefficient (Wildman–Crippen LogP) is -0.0847. The number of hydrogen-bond acceptors (Lipinski definition) is 5. The maximum absolute atomic E-state index is 12.2. The van der Waals surface area contributed by atoms with Crippen LogP contribution in [0.25, 0.3) is 0 Å². The molecule has 1 aliphatic rings. The van der Waals surface area contributed by atoms with Crippen LogP contribution in [0.2, 0.25) is 0 Å². The molecule has 0 radical (unpaired) electrons. The van der Waals surface area contributed by atoms with Gasteiger partial charge in [0.15, 0.2) is 0 Å². The van der Waals surface area contributed by atoms with Crippen LogP contribution in [0.4, 0.5) is 0 Å². The van der Waals surface area contributed by atoms with Crippen LogP contribution in [0.3, 0.4) is 0 Å². The minimum Gasteiger partial charge on any atom is -0.390 e. The standard InChI is InChI=1S/C11H19N3O4S/c1-8-11(10(7-15)14-13-8)19(16,17)12-6-9-2-4-18-5-3-9/h9,12,15H,2-7H2,1H3,(H,13,14). The number of aromatic amines is 1. The van der Waals surface area contributed by atoms with E-state index >= 15 is 0 Å². The van der Waals surface area contributed by atoms with Crippen LogP contribution in [0.15, 0.2) is 4.90 Å². The molecular formula is C11H19N3O4S. The van der Waals surface area contributed by atoms with Gasteiger partial charge in [-0.2, -0.15) is 5.10 Å². The van der Waals surface area contributed by atoms with Crippen molar-refractivity contribution >= 4 is 10.0 Å². The zero-order valence-corrected chi connectivity index (χ0v) is 11.7. The summed E-state index contributed by atoms with van der Waals surface area (Å²) in [6, 6.07) is 0. The van der Waals surface area contributed by atoms with Gasteiger partial charge in [0.1, 0.15) is 10.6 Å². The topological polar surface area (TPSA) is 104 Å². The number of ether oxygens (including phenoxy) is 1. The highest BCUT2D eigenvalue weighted by Crippen LogP contribution is 2.19. The average Bonchev–Trinajstić information content (AvgIpc) is 2.80. The lowest BCUT2D eigenvalue weighted by Crippen LogP contribution is -2.32. The molecule has 1 fully saturated rings. The van der Waals surface area contributed by atoms with Crippen LogP contribution in [0.5, 0.6) is 0 Å². The van der Waals surface area contributed by atoms with Gasteiger partial charge >= 0.3 is 0 Å². The SMILES string of the molecule is Cc1[nH]nc(CO)c1S(=O)(=O)NCC1CCOCC1. The van der Waals surface area contributed by atoms with Crippen molar-refractivity contribution in [2.75, 3.05) is 19.8 Å². The van der Waals surface area contributed by atoms with Crippen molar-refractivity contribution in [3.8, 4) is 0 Å². The molecule has 0 aliphatic carbocycles. The minimum atomic E-state index is -3.63. The number of aromatic nitrogens is 2. The lowest BCUT2D eigenvalue weighted by Gasteiger charge is -2.22. The third-order valence-corrected chi connectivity index (χ3v) is 4.91. The molecule has 0 aromatic carbocycles. The van der Waals surface area contributed by atoms with Gasteiger partial charge in [-0.1, -0.05) is 0 Å². The first-order valence-electron chi connectivity index (χ1n) is 6.26. The van der Waals surface area contributed by atoms with Gasteiger partial charge in [0, 0.05) is 19.8 Å². The zero-order chi connectivity index (χ0) is 13.9. The molecule has 0 spiro atoms. The summed E-state index contributed by atoms with van der Waals surface area (Å²) >= 11 is 0. The van der Waals surface area contributed by atoms with Gasteiger partial charge in [0.25, 0.3) is 0 Å². The monoisotopic (exact) mass is 289 g/mol. The Bertz CT molecular complexity index is 520. The van der Waals surface area contributed by atoms with Crippen molar-refractivity contribution in [2.45, 2.75) is 31.3 Å². The van der Waals surface area contributed by atoms with E-state index in [0.29, 0.717) is 31.4 Å². The molecule has 7 nitrogen and oxygen atoms in total. The summed E-state index contributed by atoms with van der Waals surface area (Å²) in [6.07, 6.45) is 1.72. The molecular weight excluding hydrogens is 270 g/mol. The van der Waals surface area contributed by atoms with Crippen LogP contribution in [-0.4, -0.2) is 43.5 Å². The number of aryl methyl sites for hydroxylation is 1. The van der Waals surface area contributed by atoms with Crippen LogP contribution >= 0.6 is 0 Å². The number of aliphatic hydroxyl groups excluding tert-OH is 1. The Morgan fingerprint density at radius 3 is 2.79 bits per heavy atom. The number of hydrogen-bond donors (Lipinski definition) is 3. The molecule has 8 heteroatoms. The van der Waals surface area contributed by atoms with E-state index in [-0.39, 0.29) is 10.6 Å². The third kappa shape index (κ3) is 3.33. The summed E-state index contributed by atoms with van der Waals surface area (Å²) < 4.78 is 32.3. The van der Waals surface area contributed by atoms with Gasteiger partial charge in [-0.15, -0.1) is 0 Å². The Hall–Kier alpha value is -0.960. The van der Waals surface area contributed by atoms with Crippen molar-refractivity contribution in [1.29, 1.82) is 0 Å². The van der Waals surface area contributed by atoms with E-state index in [1.54, 1.807) is 6.92 Å². The van der Waals surface area contributed by atoms with Crippen LogP contribution in [0, 0.1) is 12.8 Å². The van der Waals surface area contributed by atoms with Crippen molar-refractivity contribution in [2.24, 2.45) is 5.92 Å². The lowest BCUT2D eigenvalue weighted by atomic mass is 10.0. The summed E-state index contributed by atoms with van der Waals surface area (Å²) in [7, 11) is -3.63. The van der Waals surface area contributed by atoms with E-state index in [0.717, 1.165) is 12.8 Å². The van der Waals surface area contributed by atoms with E-state index < -0.39 is 16.6 Å². The molecule has 0 unspecified atom stereocenters. The first kappa shape index (κ1) is 14.4. The second-order valence-corrected chi connectivity index (χ2v) is 6.39. The fourth-order valence-corrected chi connectivity index (χ4v) is 3.65. The van der Waals surface area contributed by atoms with Crippen molar-refractivity contribution in [1.82, 2.24) is 14.9 Å². The van der Waals surface area contributed by atoms with Gasteiger partial charge in [-0.05, 0) is 25.7 Å². The number of H-pyrrole nitrogens is 1. The van der Waals surface area contributed by atoms with Gasteiger partial charge < -0.3 is 9.84 Å². The Balaban J connectivity index is 2.07. The number of nitrogens with zero attached hydrogens (tertiary/aromatic N) is 1. The third-order valence-electron chi connectivity index (χ3n) is 3.28. The molecule has 0 saturated carbocycles. The molecule has 19 heavy (non-hydrogen) atoms. The molecule has 0 bridgehead atoms. The highest BCUT2D eigenvalue weighted by molar-refractivity contribution is 7.89. The second-order valence-electron chi connectivity index (χ2n) is 4.69. The fraction of sp³-hybridized carbons (Fsp3) is 0.727. The van der Waals surface area contributed by atoms with E-state index in [1.807, 2.05) is 0 Å². The maximum Gasteiger partial charge on any atom is 0.244 e. The lowest BCUT2D eigenvalue weighted by molar-refractivity contribution is 0.0678. The Kier molecular flexibility index (Phi) is 4.56. The van der Waals surface area contributed by atoms with E-state index in [2.05, 4.69) is 14.9 Å². The molecule has 1 aliphatic heterocycles. The normalized spacial score (nSPS) is 17.8. The highest BCUT2D eigenvalue weighted by Gasteiger charge is 2.25. The first-order chi connectivity index (χ1) is 9.04. The van der Waals surface area contributed by atoms with Gasteiger partial charge in [0.2, 0.25) is 10.0 Å². The number of nitrogens with one attached hydrogen (secondary N) is 2. The first-order valence-corrected chi connectivity index (χ1v) is 7.75. The summed E-state index contributed by atoms with van der Waals surface area (Å²) in [5, 5.41) is 15.5. The largest absolute Gasteiger partial charge is 0.390 e. The minimum absolute atomic E-state index is 0.0575. The zero-order valence-electron chi connectivity index (χ0n) is 10.8. The number of rotatable bonds is 5. The smallest absolute Gasteiger partial charge is 0.244 e. The summed E-state index contributed by atoms with van der Waals surface area (Å²) in [4.78, 5) is 0.0575.